The molecule has 0 bridgehead atoms. The summed E-state index contributed by atoms with van der Waals surface area (Å²) in [5.74, 6) is -0.886. The number of alkyl halides is 3. The zero-order valence-electron chi connectivity index (χ0n) is 17.4. The Balaban J connectivity index is 1.71. The quantitative estimate of drug-likeness (QED) is 0.504. The molecule has 1 saturated carbocycles. The fourth-order valence-electron chi connectivity index (χ4n) is 4.26. The Kier molecular flexibility index (Phi) is 6.41. The van der Waals surface area contributed by atoms with Gasteiger partial charge in [0.25, 0.3) is 5.91 Å². The first kappa shape index (κ1) is 23.2. The van der Waals surface area contributed by atoms with E-state index in [2.05, 4.69) is 15.3 Å². The molecule has 1 fully saturated rings. The van der Waals surface area contributed by atoms with Crippen LogP contribution in [0.15, 0.2) is 61.1 Å². The van der Waals surface area contributed by atoms with Crippen molar-refractivity contribution in [3.8, 4) is 11.1 Å². The van der Waals surface area contributed by atoms with Gasteiger partial charge in [-0.05, 0) is 47.7 Å². The molecule has 0 saturated heterocycles. The second-order valence-electron chi connectivity index (χ2n) is 8.10. The summed E-state index contributed by atoms with van der Waals surface area (Å²) in [4.78, 5) is 20.9. The zero-order valence-corrected chi connectivity index (χ0v) is 18.2. The lowest BCUT2D eigenvalue weighted by Crippen LogP contribution is -2.44. The number of rotatable bonds is 5. The monoisotopic (exact) mass is 475 g/mol. The first-order chi connectivity index (χ1) is 15.7. The number of aliphatic hydroxyl groups is 1. The molecular formula is C24H21ClF3N3O2. The van der Waals surface area contributed by atoms with Crippen molar-refractivity contribution in [2.45, 2.75) is 43.5 Å². The van der Waals surface area contributed by atoms with Crippen LogP contribution in [0.5, 0.6) is 0 Å². The smallest absolute Gasteiger partial charge is 0.387 e. The number of nitrogens with zero attached hydrogens (tertiary/aromatic N) is 2. The summed E-state index contributed by atoms with van der Waals surface area (Å²) >= 11 is 5.90. The highest BCUT2D eigenvalue weighted by Crippen LogP contribution is 2.41. The number of pyridine rings is 2. The summed E-state index contributed by atoms with van der Waals surface area (Å²) in [6, 6.07) is 10.8. The van der Waals surface area contributed by atoms with Gasteiger partial charge in [0, 0.05) is 18.6 Å². The highest BCUT2D eigenvalue weighted by atomic mass is 35.5. The summed E-state index contributed by atoms with van der Waals surface area (Å²) in [6.07, 6.45) is 1.95. The van der Waals surface area contributed by atoms with Gasteiger partial charge in [0.05, 0.1) is 22.2 Å². The number of hydrogen-bond acceptors (Lipinski definition) is 4. The number of amides is 1. The minimum atomic E-state index is -4.73. The molecule has 172 valence electrons. The molecule has 0 aliphatic heterocycles. The van der Waals surface area contributed by atoms with Crippen LogP contribution < -0.4 is 5.32 Å². The number of hydrogen-bond donors (Lipinski definition) is 2. The lowest BCUT2D eigenvalue weighted by atomic mass is 9.85. The fraction of sp³-hybridized carbons (Fsp3) is 0.292. The maximum Gasteiger partial charge on any atom is 0.417 e. The van der Waals surface area contributed by atoms with Gasteiger partial charge in [-0.1, -0.05) is 48.7 Å². The zero-order chi connectivity index (χ0) is 23.6. The third-order valence-electron chi connectivity index (χ3n) is 5.91. The van der Waals surface area contributed by atoms with Crippen LogP contribution in [-0.4, -0.2) is 26.6 Å². The molecule has 3 aromatic rings. The first-order valence-electron chi connectivity index (χ1n) is 10.4. The van der Waals surface area contributed by atoms with E-state index < -0.39 is 40.0 Å². The number of nitrogens with one attached hydrogen (secondary N) is 1. The molecule has 4 rings (SSSR count). The standard InChI is InChI=1S/C24H21ClF3N3O2/c25-19-18(24(26,27)28)8-12-30-20(19)22(32)31-21(23(33)9-1-2-10-23)16-6-3-5-15(13-16)17-7-4-11-29-14-17/h3-8,11-14,21,33H,1-2,9-10H2,(H,31,32). The Morgan fingerprint density at radius 1 is 1.09 bits per heavy atom. The molecular weight excluding hydrogens is 455 g/mol. The van der Waals surface area contributed by atoms with Crippen LogP contribution in [0.2, 0.25) is 5.02 Å². The second kappa shape index (κ2) is 9.11. The lowest BCUT2D eigenvalue weighted by molar-refractivity contribution is -0.137. The Morgan fingerprint density at radius 3 is 2.48 bits per heavy atom. The van der Waals surface area contributed by atoms with Gasteiger partial charge in [0.2, 0.25) is 0 Å². The molecule has 1 unspecified atom stereocenters. The molecule has 1 amide bonds. The Hall–Kier alpha value is -2.97. The van der Waals surface area contributed by atoms with Gasteiger partial charge in [0.15, 0.2) is 0 Å². The molecule has 33 heavy (non-hydrogen) atoms. The van der Waals surface area contributed by atoms with E-state index in [0.29, 0.717) is 18.4 Å². The molecule has 1 aliphatic carbocycles. The van der Waals surface area contributed by atoms with Crippen molar-refractivity contribution in [2.75, 3.05) is 0 Å². The molecule has 2 aromatic heterocycles. The van der Waals surface area contributed by atoms with E-state index in [4.69, 9.17) is 11.6 Å². The summed E-state index contributed by atoms with van der Waals surface area (Å²) < 4.78 is 39.7. The topological polar surface area (TPSA) is 75.1 Å². The highest BCUT2D eigenvalue weighted by Gasteiger charge is 2.42. The SMILES string of the molecule is O=C(NC(c1cccc(-c2cccnc2)c1)C1(O)CCCC1)c1nccc(C(F)(F)F)c1Cl. The van der Waals surface area contributed by atoms with Crippen molar-refractivity contribution in [1.29, 1.82) is 0 Å². The predicted octanol–water partition coefficient (Wildman–Crippen LogP) is 5.59. The molecule has 5 nitrogen and oxygen atoms in total. The normalized spacial score (nSPS) is 16.4. The van der Waals surface area contributed by atoms with Crippen molar-refractivity contribution >= 4 is 17.5 Å². The largest absolute Gasteiger partial charge is 0.417 e. The van der Waals surface area contributed by atoms with Crippen LogP contribution in [0.3, 0.4) is 0 Å². The van der Waals surface area contributed by atoms with E-state index in [-0.39, 0.29) is 0 Å². The van der Waals surface area contributed by atoms with Crippen molar-refractivity contribution in [2.24, 2.45) is 0 Å². The van der Waals surface area contributed by atoms with Crippen molar-refractivity contribution in [1.82, 2.24) is 15.3 Å². The predicted molar refractivity (Wildman–Crippen MR) is 118 cm³/mol. The average Bonchev–Trinajstić information content (AvgIpc) is 3.24. The summed E-state index contributed by atoms with van der Waals surface area (Å²) in [6.45, 7) is 0. The maximum atomic E-state index is 13.2. The fourth-order valence-corrected chi connectivity index (χ4v) is 4.56. The molecule has 1 atom stereocenters. The number of benzene rings is 1. The van der Waals surface area contributed by atoms with E-state index in [0.717, 1.165) is 36.2 Å². The van der Waals surface area contributed by atoms with Gasteiger partial charge in [-0.15, -0.1) is 0 Å². The van der Waals surface area contributed by atoms with Gasteiger partial charge < -0.3 is 10.4 Å². The van der Waals surface area contributed by atoms with E-state index in [1.54, 1.807) is 30.6 Å². The lowest BCUT2D eigenvalue weighted by Gasteiger charge is -2.34. The molecule has 9 heteroatoms. The van der Waals surface area contributed by atoms with Crippen molar-refractivity contribution in [3.63, 3.8) is 0 Å². The summed E-state index contributed by atoms with van der Waals surface area (Å²) in [5, 5.41) is 13.3. The molecule has 1 aliphatic rings. The van der Waals surface area contributed by atoms with E-state index in [9.17, 15) is 23.1 Å². The van der Waals surface area contributed by atoms with Gasteiger partial charge in [-0.3, -0.25) is 9.78 Å². The van der Waals surface area contributed by atoms with E-state index in [1.807, 2.05) is 18.2 Å². The summed E-state index contributed by atoms with van der Waals surface area (Å²) in [5.41, 5.74) is -0.628. The number of carbonyl (C=O) groups excluding carboxylic acids is 1. The van der Waals surface area contributed by atoms with Crippen LogP contribution in [0.4, 0.5) is 13.2 Å². The molecule has 0 spiro atoms. The number of aromatic nitrogens is 2. The van der Waals surface area contributed by atoms with Crippen LogP contribution in [0.1, 0.15) is 53.3 Å². The van der Waals surface area contributed by atoms with Crippen LogP contribution in [0.25, 0.3) is 11.1 Å². The first-order valence-corrected chi connectivity index (χ1v) is 10.8. The molecule has 1 aromatic carbocycles. The number of carbonyl (C=O) groups is 1. The van der Waals surface area contributed by atoms with Gasteiger partial charge >= 0.3 is 6.18 Å². The number of halogens is 4. The van der Waals surface area contributed by atoms with E-state index >= 15 is 0 Å². The Bertz CT molecular complexity index is 1150. The van der Waals surface area contributed by atoms with Crippen molar-refractivity contribution < 1.29 is 23.1 Å². The van der Waals surface area contributed by atoms with Gasteiger partial charge in [-0.25, -0.2) is 4.98 Å². The Morgan fingerprint density at radius 2 is 1.82 bits per heavy atom. The Labute approximate surface area is 193 Å². The van der Waals surface area contributed by atoms with Gasteiger partial charge in [0.1, 0.15) is 5.69 Å². The maximum absolute atomic E-state index is 13.2. The molecule has 0 radical (unpaired) electrons. The van der Waals surface area contributed by atoms with Gasteiger partial charge in [-0.2, -0.15) is 13.2 Å². The average molecular weight is 476 g/mol. The van der Waals surface area contributed by atoms with E-state index in [1.165, 1.54) is 0 Å². The van der Waals surface area contributed by atoms with Crippen LogP contribution >= 0.6 is 11.6 Å². The highest BCUT2D eigenvalue weighted by molar-refractivity contribution is 6.34. The minimum Gasteiger partial charge on any atom is -0.387 e. The minimum absolute atomic E-state index is 0.443. The molecule has 2 heterocycles. The molecule has 2 N–H and O–H groups in total. The van der Waals surface area contributed by atoms with Crippen LogP contribution in [-0.2, 0) is 6.18 Å². The second-order valence-corrected chi connectivity index (χ2v) is 8.48. The van der Waals surface area contributed by atoms with Crippen LogP contribution in [0, 0.1) is 0 Å². The summed E-state index contributed by atoms with van der Waals surface area (Å²) in [7, 11) is 0. The third-order valence-corrected chi connectivity index (χ3v) is 6.29. The third kappa shape index (κ3) is 4.86. The van der Waals surface area contributed by atoms with Crippen molar-refractivity contribution in [3.05, 3.63) is 82.9 Å².